The Kier molecular flexibility index (Phi) is 3.00. The maximum absolute atomic E-state index is 4.87. The summed E-state index contributed by atoms with van der Waals surface area (Å²) in [5, 5.41) is 0. The van der Waals surface area contributed by atoms with E-state index in [1.54, 1.807) is 0 Å². The average molecular weight is 289 g/mol. The molecule has 0 fully saturated rings. The molecule has 22 heavy (non-hydrogen) atoms. The smallest absolute Gasteiger partial charge is 0.212 e. The molecule has 0 bridgehead atoms. The lowest BCUT2D eigenvalue weighted by atomic mass is 9.92. The van der Waals surface area contributed by atoms with Gasteiger partial charge in [-0.05, 0) is 49.1 Å². The molecule has 2 aromatic rings. The average Bonchev–Trinajstić information content (AvgIpc) is 2.85. The third kappa shape index (κ3) is 1.94. The van der Waals surface area contributed by atoms with Gasteiger partial charge in [-0.15, -0.1) is 0 Å². The van der Waals surface area contributed by atoms with Crippen LogP contribution in [0.5, 0.6) is 0 Å². The van der Waals surface area contributed by atoms with Crippen molar-refractivity contribution in [3.63, 3.8) is 0 Å². The summed E-state index contributed by atoms with van der Waals surface area (Å²) in [7, 11) is 2.12. The summed E-state index contributed by atoms with van der Waals surface area (Å²) in [6.45, 7) is 4.31. The van der Waals surface area contributed by atoms with Gasteiger partial charge in [0, 0.05) is 23.8 Å². The highest BCUT2D eigenvalue weighted by atomic mass is 14.9. The molecule has 110 valence electrons. The van der Waals surface area contributed by atoms with Gasteiger partial charge in [-0.2, -0.15) is 0 Å². The lowest BCUT2D eigenvalue weighted by Crippen LogP contribution is -2.30. The fourth-order valence-corrected chi connectivity index (χ4v) is 3.90. The van der Waals surface area contributed by atoms with E-state index in [1.807, 2.05) is 0 Å². The van der Waals surface area contributed by atoms with Gasteiger partial charge in [-0.3, -0.25) is 4.99 Å². The molecule has 1 aromatic carbocycles. The number of nitrogens with zero attached hydrogens (tertiary/aromatic N) is 2. The SMILES string of the molecule is CC1=NC2Cc3c(ccc(C)c3-c3cccc[n+]3C)C2C=C1. The number of fused-ring (bicyclic) bond motifs is 3. The standard InChI is InChI=1S/C20H21N2/c1-13-7-9-15-16-10-8-14(2)21-18(16)12-17(15)20(13)19-6-4-5-11-22(19)3/h4-11,16,18H,12H2,1-3H3/q+1. The van der Waals surface area contributed by atoms with Gasteiger partial charge in [0.05, 0.1) is 11.6 Å². The van der Waals surface area contributed by atoms with Crippen molar-refractivity contribution in [3.05, 3.63) is 65.4 Å². The van der Waals surface area contributed by atoms with E-state index in [9.17, 15) is 0 Å². The predicted octanol–water partition coefficient (Wildman–Crippen LogP) is 3.53. The van der Waals surface area contributed by atoms with Crippen LogP contribution in [0.4, 0.5) is 0 Å². The maximum atomic E-state index is 4.87. The molecule has 2 unspecified atom stereocenters. The molecule has 2 nitrogen and oxygen atoms in total. The van der Waals surface area contributed by atoms with Gasteiger partial charge in [0.1, 0.15) is 7.05 Å². The number of pyridine rings is 1. The van der Waals surface area contributed by atoms with Crippen LogP contribution in [0.3, 0.4) is 0 Å². The van der Waals surface area contributed by atoms with E-state index in [-0.39, 0.29) is 0 Å². The summed E-state index contributed by atoms with van der Waals surface area (Å²) in [5.74, 6) is 0.451. The van der Waals surface area contributed by atoms with Crippen LogP contribution in [0.2, 0.25) is 0 Å². The largest absolute Gasteiger partial charge is 0.285 e. The third-order valence-electron chi connectivity index (χ3n) is 4.97. The van der Waals surface area contributed by atoms with Crippen molar-refractivity contribution in [1.29, 1.82) is 0 Å². The molecule has 2 aliphatic rings. The summed E-state index contributed by atoms with van der Waals surface area (Å²) < 4.78 is 2.22. The van der Waals surface area contributed by atoms with Crippen LogP contribution in [0.25, 0.3) is 11.3 Å². The zero-order valence-electron chi connectivity index (χ0n) is 13.4. The zero-order valence-corrected chi connectivity index (χ0v) is 13.4. The molecule has 0 amide bonds. The zero-order chi connectivity index (χ0) is 15.3. The van der Waals surface area contributed by atoms with E-state index in [0.717, 1.165) is 12.1 Å². The van der Waals surface area contributed by atoms with Crippen molar-refractivity contribution >= 4 is 5.71 Å². The van der Waals surface area contributed by atoms with Crippen LogP contribution in [-0.2, 0) is 13.5 Å². The Hall–Kier alpha value is -2.22. The number of aliphatic imine (C=N–C) groups is 1. The second-order valence-electron chi connectivity index (χ2n) is 6.45. The van der Waals surface area contributed by atoms with Crippen LogP contribution in [0.1, 0.15) is 29.5 Å². The highest BCUT2D eigenvalue weighted by molar-refractivity contribution is 5.94. The second-order valence-corrected chi connectivity index (χ2v) is 6.45. The first kappa shape index (κ1) is 13.4. The van der Waals surface area contributed by atoms with Crippen molar-refractivity contribution in [2.45, 2.75) is 32.2 Å². The number of hydrogen-bond donors (Lipinski definition) is 0. The lowest BCUT2D eigenvalue weighted by molar-refractivity contribution is -0.660. The molecule has 4 rings (SSSR count). The summed E-state index contributed by atoms with van der Waals surface area (Å²) in [4.78, 5) is 4.87. The summed E-state index contributed by atoms with van der Waals surface area (Å²) >= 11 is 0. The van der Waals surface area contributed by atoms with Crippen LogP contribution < -0.4 is 4.57 Å². The van der Waals surface area contributed by atoms with Crippen molar-refractivity contribution < 1.29 is 4.57 Å². The predicted molar refractivity (Wildman–Crippen MR) is 90.3 cm³/mol. The first-order chi connectivity index (χ1) is 10.6. The van der Waals surface area contributed by atoms with E-state index in [0.29, 0.717) is 12.0 Å². The molecule has 1 aliphatic carbocycles. The fourth-order valence-electron chi connectivity index (χ4n) is 3.90. The van der Waals surface area contributed by atoms with E-state index in [4.69, 9.17) is 4.99 Å². The Morgan fingerprint density at radius 3 is 2.82 bits per heavy atom. The first-order valence-electron chi connectivity index (χ1n) is 7.95. The molecule has 1 aromatic heterocycles. The molecule has 2 atom stereocenters. The van der Waals surface area contributed by atoms with Gasteiger partial charge in [-0.25, -0.2) is 4.57 Å². The number of hydrogen-bond acceptors (Lipinski definition) is 1. The quantitative estimate of drug-likeness (QED) is 0.714. The van der Waals surface area contributed by atoms with Gasteiger partial charge in [0.25, 0.3) is 0 Å². The van der Waals surface area contributed by atoms with Crippen molar-refractivity contribution in [1.82, 2.24) is 0 Å². The van der Waals surface area contributed by atoms with Crippen LogP contribution in [0, 0.1) is 6.92 Å². The van der Waals surface area contributed by atoms with Crippen molar-refractivity contribution in [2.75, 3.05) is 0 Å². The molecule has 0 spiro atoms. The van der Waals surface area contributed by atoms with Crippen LogP contribution in [0.15, 0.2) is 53.7 Å². The Balaban J connectivity index is 1.92. The second kappa shape index (κ2) is 4.91. The Morgan fingerprint density at radius 1 is 1.14 bits per heavy atom. The molecule has 1 aliphatic heterocycles. The number of benzene rings is 1. The lowest BCUT2D eigenvalue weighted by Gasteiger charge is -2.17. The monoisotopic (exact) mass is 289 g/mol. The van der Waals surface area contributed by atoms with Gasteiger partial charge in [0.15, 0.2) is 6.20 Å². The van der Waals surface area contributed by atoms with Crippen LogP contribution in [-0.4, -0.2) is 11.8 Å². The maximum Gasteiger partial charge on any atom is 0.212 e. The van der Waals surface area contributed by atoms with E-state index >= 15 is 0 Å². The Bertz CT molecular complexity index is 814. The Labute approximate surface area is 131 Å². The minimum Gasteiger partial charge on any atom is -0.285 e. The summed E-state index contributed by atoms with van der Waals surface area (Å²) in [5.41, 5.74) is 8.14. The highest BCUT2D eigenvalue weighted by Gasteiger charge is 2.35. The number of aryl methyl sites for hydroxylation is 2. The van der Waals surface area contributed by atoms with Crippen LogP contribution >= 0.6 is 0 Å². The third-order valence-corrected chi connectivity index (χ3v) is 4.97. The topological polar surface area (TPSA) is 16.2 Å². The molecule has 2 heteroatoms. The molecule has 0 N–H and O–H groups in total. The van der Waals surface area contributed by atoms with Gasteiger partial charge in [-0.1, -0.05) is 18.2 Å². The Morgan fingerprint density at radius 2 is 2.00 bits per heavy atom. The molecule has 0 saturated carbocycles. The fraction of sp³-hybridized carbons (Fsp3) is 0.300. The van der Waals surface area contributed by atoms with E-state index in [2.05, 4.69) is 74.1 Å². The van der Waals surface area contributed by atoms with Gasteiger partial charge in [0.2, 0.25) is 5.69 Å². The number of rotatable bonds is 1. The van der Waals surface area contributed by atoms with Gasteiger partial charge < -0.3 is 0 Å². The van der Waals surface area contributed by atoms with Gasteiger partial charge >= 0.3 is 0 Å². The highest BCUT2D eigenvalue weighted by Crippen LogP contribution is 2.43. The molecular formula is C20H21N2+. The molecule has 2 heterocycles. The van der Waals surface area contributed by atoms with Crippen molar-refractivity contribution in [2.24, 2.45) is 12.0 Å². The minimum absolute atomic E-state index is 0.384. The molecular weight excluding hydrogens is 268 g/mol. The summed E-state index contributed by atoms with van der Waals surface area (Å²) in [6.07, 6.45) is 7.67. The van der Waals surface area contributed by atoms with Crippen molar-refractivity contribution in [3.8, 4) is 11.3 Å². The first-order valence-corrected chi connectivity index (χ1v) is 7.95. The van der Waals surface area contributed by atoms with E-state index in [1.165, 1.54) is 27.9 Å². The number of allylic oxidation sites excluding steroid dienone is 1. The summed E-state index contributed by atoms with van der Waals surface area (Å²) in [6, 6.07) is 11.4. The van der Waals surface area contributed by atoms with E-state index < -0.39 is 0 Å². The number of aromatic nitrogens is 1. The number of dihydropyridines is 1. The molecule has 0 saturated heterocycles. The molecule has 0 radical (unpaired) electrons. The normalized spacial score (nSPS) is 22.2. The minimum atomic E-state index is 0.384.